The second-order valence-corrected chi connectivity index (χ2v) is 6.92. The SMILES string of the molecule is O=c1c(-n2ccnc2)c[nH]n1-c1cc(N2[C@@H]3CC[C@H]2CC(O)C3)ncn1. The summed E-state index contributed by atoms with van der Waals surface area (Å²) in [5, 5.41) is 13.0. The molecule has 2 aliphatic rings. The van der Waals surface area contributed by atoms with Crippen LogP contribution in [0.2, 0.25) is 0 Å². The van der Waals surface area contributed by atoms with Crippen molar-refractivity contribution in [3.8, 4) is 11.5 Å². The van der Waals surface area contributed by atoms with Gasteiger partial charge >= 0.3 is 0 Å². The van der Waals surface area contributed by atoms with Crippen LogP contribution in [-0.2, 0) is 0 Å². The maximum absolute atomic E-state index is 12.7. The van der Waals surface area contributed by atoms with Gasteiger partial charge in [-0.1, -0.05) is 0 Å². The van der Waals surface area contributed by atoms with E-state index in [1.54, 1.807) is 29.5 Å². The monoisotopic (exact) mass is 353 g/mol. The van der Waals surface area contributed by atoms with Gasteiger partial charge in [0.2, 0.25) is 0 Å². The summed E-state index contributed by atoms with van der Waals surface area (Å²) in [7, 11) is 0. The van der Waals surface area contributed by atoms with Crippen LogP contribution in [0.15, 0.2) is 42.1 Å². The fourth-order valence-corrected chi connectivity index (χ4v) is 4.24. The van der Waals surface area contributed by atoms with Crippen molar-refractivity contribution in [3.05, 3.63) is 47.7 Å². The molecule has 26 heavy (non-hydrogen) atoms. The van der Waals surface area contributed by atoms with Crippen LogP contribution in [0, 0.1) is 0 Å². The van der Waals surface area contributed by atoms with E-state index in [0.717, 1.165) is 31.5 Å². The molecule has 2 aliphatic heterocycles. The molecule has 0 amide bonds. The topological polar surface area (TPSA) is 105 Å². The lowest BCUT2D eigenvalue weighted by atomic mass is 10.00. The quantitative estimate of drug-likeness (QED) is 0.716. The van der Waals surface area contributed by atoms with Crippen molar-refractivity contribution in [2.75, 3.05) is 4.90 Å². The van der Waals surface area contributed by atoms with Crippen LogP contribution in [0.4, 0.5) is 5.82 Å². The number of aliphatic hydroxyl groups excluding tert-OH is 1. The predicted molar refractivity (Wildman–Crippen MR) is 93.6 cm³/mol. The summed E-state index contributed by atoms with van der Waals surface area (Å²) in [4.78, 5) is 27.7. The predicted octanol–water partition coefficient (Wildman–Crippen LogP) is 0.633. The first-order valence-electron chi connectivity index (χ1n) is 8.78. The average molecular weight is 353 g/mol. The second-order valence-electron chi connectivity index (χ2n) is 6.92. The van der Waals surface area contributed by atoms with Crippen molar-refractivity contribution in [2.24, 2.45) is 0 Å². The Bertz CT molecular complexity index is 963. The zero-order valence-corrected chi connectivity index (χ0v) is 14.1. The van der Waals surface area contributed by atoms with E-state index >= 15 is 0 Å². The van der Waals surface area contributed by atoms with Crippen molar-refractivity contribution in [1.82, 2.24) is 29.3 Å². The van der Waals surface area contributed by atoms with Gasteiger partial charge in [0.1, 0.15) is 17.8 Å². The van der Waals surface area contributed by atoms with Gasteiger partial charge in [0.15, 0.2) is 5.82 Å². The van der Waals surface area contributed by atoms with Gasteiger partial charge in [0, 0.05) is 36.7 Å². The number of piperidine rings is 1. The fourth-order valence-electron chi connectivity index (χ4n) is 4.24. The molecule has 0 spiro atoms. The van der Waals surface area contributed by atoms with Gasteiger partial charge < -0.3 is 10.0 Å². The molecule has 2 saturated heterocycles. The molecule has 3 aromatic heterocycles. The molecule has 2 bridgehead atoms. The molecule has 9 heteroatoms. The zero-order chi connectivity index (χ0) is 17.7. The zero-order valence-electron chi connectivity index (χ0n) is 14.1. The minimum atomic E-state index is -0.228. The lowest BCUT2D eigenvalue weighted by molar-refractivity contribution is 0.126. The average Bonchev–Trinajstić information content (AvgIpc) is 3.34. The third kappa shape index (κ3) is 2.35. The lowest BCUT2D eigenvalue weighted by Gasteiger charge is -2.38. The summed E-state index contributed by atoms with van der Waals surface area (Å²) in [5.41, 5.74) is 0.272. The standard InChI is InChI=1S/C17H19N7O2/c25-13-5-11-1-2-12(6-13)23(11)15-7-16(20-9-19-15)24-17(26)14(8-21-24)22-4-3-18-10-22/h3-4,7-13,21,25H,1-2,5-6H2/t11-,12+,13?. The van der Waals surface area contributed by atoms with Gasteiger partial charge in [0.05, 0.1) is 12.4 Å². The normalized spacial score (nSPS) is 25.0. The van der Waals surface area contributed by atoms with Crippen molar-refractivity contribution in [1.29, 1.82) is 0 Å². The number of hydrogen-bond acceptors (Lipinski definition) is 6. The van der Waals surface area contributed by atoms with E-state index in [9.17, 15) is 9.90 Å². The Morgan fingerprint density at radius 1 is 1.15 bits per heavy atom. The van der Waals surface area contributed by atoms with Crippen molar-refractivity contribution < 1.29 is 5.11 Å². The highest BCUT2D eigenvalue weighted by atomic mass is 16.3. The van der Waals surface area contributed by atoms with Gasteiger partial charge in [0.25, 0.3) is 5.56 Å². The van der Waals surface area contributed by atoms with E-state index in [1.165, 1.54) is 11.0 Å². The number of anilines is 1. The van der Waals surface area contributed by atoms with Crippen LogP contribution >= 0.6 is 0 Å². The highest BCUT2D eigenvalue weighted by molar-refractivity contribution is 5.48. The summed E-state index contributed by atoms with van der Waals surface area (Å²) in [5.74, 6) is 1.30. The minimum Gasteiger partial charge on any atom is -0.393 e. The van der Waals surface area contributed by atoms with Crippen molar-refractivity contribution >= 4 is 5.82 Å². The molecular formula is C17H19N7O2. The number of aromatic nitrogens is 6. The van der Waals surface area contributed by atoms with Crippen LogP contribution in [-0.4, -0.2) is 52.6 Å². The van der Waals surface area contributed by atoms with Gasteiger partial charge in [-0.3, -0.25) is 14.5 Å². The minimum absolute atomic E-state index is 0.204. The first kappa shape index (κ1) is 15.3. The van der Waals surface area contributed by atoms with Crippen LogP contribution < -0.4 is 10.5 Å². The molecule has 5 heterocycles. The molecule has 0 saturated carbocycles. The van der Waals surface area contributed by atoms with E-state index in [-0.39, 0.29) is 11.7 Å². The van der Waals surface area contributed by atoms with Crippen molar-refractivity contribution in [2.45, 2.75) is 43.9 Å². The third-order valence-corrected chi connectivity index (χ3v) is 5.38. The molecule has 0 aliphatic carbocycles. The number of H-pyrrole nitrogens is 1. The number of aliphatic hydroxyl groups is 1. The Morgan fingerprint density at radius 3 is 2.65 bits per heavy atom. The van der Waals surface area contributed by atoms with E-state index in [1.807, 2.05) is 6.07 Å². The summed E-state index contributed by atoms with van der Waals surface area (Å²) in [6.45, 7) is 0. The molecule has 2 fully saturated rings. The first-order valence-corrected chi connectivity index (χ1v) is 8.78. The number of nitrogens with one attached hydrogen (secondary N) is 1. The number of hydrogen-bond donors (Lipinski definition) is 2. The van der Waals surface area contributed by atoms with Crippen LogP contribution in [0.25, 0.3) is 11.5 Å². The third-order valence-electron chi connectivity index (χ3n) is 5.38. The largest absolute Gasteiger partial charge is 0.393 e. The lowest BCUT2D eigenvalue weighted by Crippen LogP contribution is -2.45. The molecule has 3 atom stereocenters. The molecule has 134 valence electrons. The van der Waals surface area contributed by atoms with Crippen LogP contribution in [0.5, 0.6) is 0 Å². The van der Waals surface area contributed by atoms with E-state index < -0.39 is 0 Å². The molecule has 3 aromatic rings. The highest BCUT2D eigenvalue weighted by Crippen LogP contribution is 2.38. The Balaban J connectivity index is 1.51. The Hall–Kier alpha value is -2.94. The smallest absolute Gasteiger partial charge is 0.296 e. The van der Waals surface area contributed by atoms with E-state index in [0.29, 0.717) is 23.6 Å². The number of rotatable bonds is 3. The van der Waals surface area contributed by atoms with Crippen LogP contribution in [0.3, 0.4) is 0 Å². The Kier molecular flexibility index (Phi) is 3.42. The van der Waals surface area contributed by atoms with Gasteiger partial charge in [-0.05, 0) is 25.7 Å². The van der Waals surface area contributed by atoms with Crippen molar-refractivity contribution in [3.63, 3.8) is 0 Å². The number of fused-ring (bicyclic) bond motifs is 2. The maximum Gasteiger partial charge on any atom is 0.296 e. The number of nitrogens with zero attached hydrogens (tertiary/aromatic N) is 6. The summed E-state index contributed by atoms with van der Waals surface area (Å²) in [6, 6.07) is 2.43. The van der Waals surface area contributed by atoms with Gasteiger partial charge in [-0.15, -0.1) is 0 Å². The summed E-state index contributed by atoms with van der Waals surface area (Å²) in [6.07, 6.45) is 11.5. The maximum atomic E-state index is 12.7. The Morgan fingerprint density at radius 2 is 1.92 bits per heavy atom. The first-order chi connectivity index (χ1) is 12.7. The molecule has 9 nitrogen and oxygen atoms in total. The molecule has 2 N–H and O–H groups in total. The highest BCUT2D eigenvalue weighted by Gasteiger charge is 2.40. The summed E-state index contributed by atoms with van der Waals surface area (Å²) >= 11 is 0. The molecule has 0 aromatic carbocycles. The van der Waals surface area contributed by atoms with E-state index in [4.69, 9.17) is 0 Å². The molecule has 0 radical (unpaired) electrons. The van der Waals surface area contributed by atoms with Gasteiger partial charge in [-0.25, -0.2) is 15.0 Å². The summed E-state index contributed by atoms with van der Waals surface area (Å²) < 4.78 is 3.06. The molecule has 5 rings (SSSR count). The van der Waals surface area contributed by atoms with Crippen LogP contribution in [0.1, 0.15) is 25.7 Å². The molecular weight excluding hydrogens is 334 g/mol. The fraction of sp³-hybridized carbons (Fsp3) is 0.412. The second kappa shape index (κ2) is 5.80. The number of aromatic amines is 1. The number of imidazole rings is 1. The van der Waals surface area contributed by atoms with E-state index in [2.05, 4.69) is 25.0 Å². The molecule has 1 unspecified atom stereocenters. The Labute approximate surface area is 148 Å². The van der Waals surface area contributed by atoms with Gasteiger partial charge in [-0.2, -0.15) is 4.68 Å².